The molecular formula is C73H142O17P2. The Morgan fingerprint density at radius 3 is 0.826 bits per heavy atom. The Morgan fingerprint density at radius 2 is 0.554 bits per heavy atom. The Hall–Kier alpha value is -1.94. The number of rotatable bonds is 71. The average Bonchev–Trinajstić information content (AvgIpc) is 3.23. The van der Waals surface area contributed by atoms with Crippen molar-refractivity contribution in [1.29, 1.82) is 0 Å². The van der Waals surface area contributed by atoms with Crippen LogP contribution in [-0.4, -0.2) is 96.7 Å². The molecule has 0 aliphatic heterocycles. The maximum Gasteiger partial charge on any atom is 0.472 e. The lowest BCUT2D eigenvalue weighted by atomic mass is 9.99. The molecule has 0 aromatic carbocycles. The van der Waals surface area contributed by atoms with Gasteiger partial charge in [-0.3, -0.25) is 37.3 Å². The van der Waals surface area contributed by atoms with E-state index in [1.807, 2.05) is 0 Å². The molecule has 0 spiro atoms. The zero-order valence-electron chi connectivity index (χ0n) is 60.0. The van der Waals surface area contributed by atoms with Gasteiger partial charge in [-0.1, -0.05) is 318 Å². The normalized spacial score (nSPS) is 14.4. The van der Waals surface area contributed by atoms with Crippen molar-refractivity contribution < 1.29 is 80.2 Å². The second-order valence-electron chi connectivity index (χ2n) is 27.5. The van der Waals surface area contributed by atoms with Gasteiger partial charge in [0.25, 0.3) is 0 Å². The predicted molar refractivity (Wildman–Crippen MR) is 372 cm³/mol. The molecule has 17 nitrogen and oxygen atoms in total. The molecule has 0 heterocycles. The number of unbranched alkanes of at least 4 members (excludes halogenated alkanes) is 38. The quantitative estimate of drug-likeness (QED) is 0.0222. The number of hydrogen-bond acceptors (Lipinski definition) is 15. The fourth-order valence-corrected chi connectivity index (χ4v) is 12.6. The third-order valence-corrected chi connectivity index (χ3v) is 19.1. The number of carbonyl (C=O) groups excluding carboxylic acids is 4. The van der Waals surface area contributed by atoms with Crippen molar-refractivity contribution in [2.24, 2.45) is 17.8 Å². The third-order valence-electron chi connectivity index (χ3n) is 17.2. The first-order valence-corrected chi connectivity index (χ1v) is 40.9. The minimum atomic E-state index is -4.95. The van der Waals surface area contributed by atoms with Crippen LogP contribution < -0.4 is 0 Å². The maximum atomic E-state index is 13.1. The average molecular weight is 1350 g/mol. The number of carbonyl (C=O) groups is 4. The van der Waals surface area contributed by atoms with Gasteiger partial charge >= 0.3 is 39.5 Å². The van der Waals surface area contributed by atoms with Crippen LogP contribution >= 0.6 is 15.6 Å². The largest absolute Gasteiger partial charge is 0.472 e. The van der Waals surface area contributed by atoms with Gasteiger partial charge in [-0.15, -0.1) is 0 Å². The smallest absolute Gasteiger partial charge is 0.462 e. The molecule has 0 aliphatic carbocycles. The second kappa shape index (κ2) is 63.8. The summed E-state index contributed by atoms with van der Waals surface area (Å²) in [5.74, 6) is 0.120. The first-order chi connectivity index (χ1) is 44.3. The topological polar surface area (TPSA) is 237 Å². The summed E-state index contributed by atoms with van der Waals surface area (Å²) in [4.78, 5) is 72.6. The fraction of sp³-hybridized carbons (Fsp3) is 0.945. The van der Waals surface area contributed by atoms with E-state index in [1.165, 1.54) is 173 Å². The standard InChI is InChI=1S/C73H142O17P2/c1-8-10-11-12-13-14-15-16-20-23-26-32-40-47-54-70(75)83-60-68(89-72(77)56-49-42-33-27-24-21-18-17-19-22-25-30-37-44-51-64(3)4)62-87-91(79,80)85-58-67(74)59-86-92(81,82)88-63-69(61-84-71(76)55-48-41-36-35-38-45-52-65(5)6)90-73(78)57-50-43-34-29-28-31-39-46-53-66(7)9-2/h64-69,74H,8-63H2,1-7H3,(H,79,80)(H,81,82)/t66?,67-,68-,69-/m1/s1. The first-order valence-electron chi connectivity index (χ1n) is 37.9. The van der Waals surface area contributed by atoms with Crippen molar-refractivity contribution in [1.82, 2.24) is 0 Å². The number of phosphoric ester groups is 2. The number of phosphoric acid groups is 2. The minimum Gasteiger partial charge on any atom is -0.462 e. The SMILES string of the molecule is CCCCCCCCCCCCCCCCC(=O)OC[C@H](COP(=O)(O)OC[C@@H](O)COP(=O)(O)OC[C@@H](COC(=O)CCCCCCCCC(C)C)OC(=O)CCCCCCCCCCC(C)CC)OC(=O)CCCCCCCCCCCCCCCCC(C)C. The molecule has 0 aromatic rings. The molecule has 546 valence electrons. The molecule has 0 fully saturated rings. The molecule has 3 N–H and O–H groups in total. The van der Waals surface area contributed by atoms with Crippen LogP contribution in [0, 0.1) is 17.8 Å². The Bertz CT molecular complexity index is 1800. The third kappa shape index (κ3) is 65.4. The van der Waals surface area contributed by atoms with Gasteiger partial charge in [0.2, 0.25) is 0 Å². The highest BCUT2D eigenvalue weighted by Gasteiger charge is 2.30. The van der Waals surface area contributed by atoms with E-state index < -0.39 is 97.5 Å². The molecule has 0 amide bonds. The van der Waals surface area contributed by atoms with Crippen LogP contribution in [0.15, 0.2) is 0 Å². The van der Waals surface area contributed by atoms with Crippen molar-refractivity contribution in [3.8, 4) is 0 Å². The van der Waals surface area contributed by atoms with Gasteiger partial charge < -0.3 is 33.8 Å². The fourth-order valence-electron chi connectivity index (χ4n) is 11.0. The van der Waals surface area contributed by atoms with E-state index in [2.05, 4.69) is 48.5 Å². The predicted octanol–water partition coefficient (Wildman–Crippen LogP) is 21.0. The number of esters is 4. The molecule has 0 saturated heterocycles. The van der Waals surface area contributed by atoms with Crippen molar-refractivity contribution in [2.45, 2.75) is 388 Å². The summed E-state index contributed by atoms with van der Waals surface area (Å²) in [6, 6.07) is 0. The lowest BCUT2D eigenvalue weighted by molar-refractivity contribution is -0.161. The molecule has 0 bridgehead atoms. The Labute approximate surface area is 562 Å². The van der Waals surface area contributed by atoms with Crippen LogP contribution in [0.1, 0.15) is 370 Å². The highest BCUT2D eigenvalue weighted by Crippen LogP contribution is 2.45. The molecule has 0 aliphatic rings. The summed E-state index contributed by atoms with van der Waals surface area (Å²) < 4.78 is 68.4. The monoisotopic (exact) mass is 1350 g/mol. The van der Waals surface area contributed by atoms with Crippen molar-refractivity contribution in [3.05, 3.63) is 0 Å². The van der Waals surface area contributed by atoms with Gasteiger partial charge in [0.15, 0.2) is 12.2 Å². The lowest BCUT2D eigenvalue weighted by Crippen LogP contribution is -2.30. The molecule has 0 aromatic heterocycles. The van der Waals surface area contributed by atoms with Crippen LogP contribution in [0.25, 0.3) is 0 Å². The highest BCUT2D eigenvalue weighted by atomic mass is 31.2. The van der Waals surface area contributed by atoms with Crippen molar-refractivity contribution in [3.63, 3.8) is 0 Å². The Kier molecular flexibility index (Phi) is 62.4. The van der Waals surface area contributed by atoms with E-state index in [-0.39, 0.29) is 25.7 Å². The molecule has 0 rings (SSSR count). The molecule has 0 radical (unpaired) electrons. The summed E-state index contributed by atoms with van der Waals surface area (Å²) >= 11 is 0. The van der Waals surface area contributed by atoms with Gasteiger partial charge in [0.1, 0.15) is 19.3 Å². The summed E-state index contributed by atoms with van der Waals surface area (Å²) in [7, 11) is -9.91. The van der Waals surface area contributed by atoms with Crippen molar-refractivity contribution in [2.75, 3.05) is 39.6 Å². The van der Waals surface area contributed by atoms with Gasteiger partial charge in [0.05, 0.1) is 26.4 Å². The first kappa shape index (κ1) is 90.1. The minimum absolute atomic E-state index is 0.104. The lowest BCUT2D eigenvalue weighted by Gasteiger charge is -2.21. The van der Waals surface area contributed by atoms with Gasteiger partial charge in [0, 0.05) is 25.7 Å². The molecule has 3 unspecified atom stereocenters. The number of hydrogen-bond donors (Lipinski definition) is 3. The van der Waals surface area contributed by atoms with Crippen LogP contribution in [-0.2, 0) is 65.4 Å². The van der Waals surface area contributed by atoms with Crippen LogP contribution in [0.5, 0.6) is 0 Å². The molecule has 0 saturated carbocycles. The van der Waals surface area contributed by atoms with E-state index in [0.717, 1.165) is 108 Å². The van der Waals surface area contributed by atoms with Gasteiger partial charge in [-0.05, 0) is 43.4 Å². The van der Waals surface area contributed by atoms with Gasteiger partial charge in [-0.25, -0.2) is 9.13 Å². The number of aliphatic hydroxyl groups is 1. The number of ether oxygens (including phenoxy) is 4. The summed E-state index contributed by atoms with van der Waals surface area (Å²) in [5.41, 5.74) is 0. The van der Waals surface area contributed by atoms with Crippen LogP contribution in [0.2, 0.25) is 0 Å². The van der Waals surface area contributed by atoms with E-state index in [1.54, 1.807) is 0 Å². The Morgan fingerprint density at radius 1 is 0.315 bits per heavy atom. The summed E-state index contributed by atoms with van der Waals surface area (Å²) in [6.45, 7) is 11.8. The van der Waals surface area contributed by atoms with Crippen LogP contribution in [0.4, 0.5) is 0 Å². The van der Waals surface area contributed by atoms with E-state index >= 15 is 0 Å². The van der Waals surface area contributed by atoms with Crippen molar-refractivity contribution >= 4 is 39.5 Å². The van der Waals surface area contributed by atoms with E-state index in [9.17, 15) is 43.2 Å². The second-order valence-corrected chi connectivity index (χ2v) is 30.4. The number of aliphatic hydroxyl groups excluding tert-OH is 1. The maximum absolute atomic E-state index is 13.1. The summed E-state index contributed by atoms with van der Waals surface area (Å²) in [6.07, 6.45) is 48.6. The van der Waals surface area contributed by atoms with E-state index in [4.69, 9.17) is 37.0 Å². The van der Waals surface area contributed by atoms with Gasteiger partial charge in [-0.2, -0.15) is 0 Å². The highest BCUT2D eigenvalue weighted by molar-refractivity contribution is 7.47. The molecule has 6 atom stereocenters. The van der Waals surface area contributed by atoms with Crippen LogP contribution in [0.3, 0.4) is 0 Å². The summed E-state index contributed by atoms with van der Waals surface area (Å²) in [5, 5.41) is 10.6. The molecule has 92 heavy (non-hydrogen) atoms. The van der Waals surface area contributed by atoms with E-state index in [0.29, 0.717) is 31.6 Å². The Balaban J connectivity index is 5.24. The zero-order valence-corrected chi connectivity index (χ0v) is 61.8. The zero-order chi connectivity index (χ0) is 68.0. The molecule has 19 heteroatoms. The molecular weight excluding hydrogens is 1210 g/mol.